The van der Waals surface area contributed by atoms with Crippen molar-refractivity contribution in [3.8, 4) is 0 Å². The second kappa shape index (κ2) is 7.17. The minimum Gasteiger partial charge on any atom is -0.339 e. The van der Waals surface area contributed by atoms with Crippen molar-refractivity contribution in [3.05, 3.63) is 52.6 Å². The van der Waals surface area contributed by atoms with E-state index < -0.39 is 0 Å². The summed E-state index contributed by atoms with van der Waals surface area (Å²) < 4.78 is 13.0. The molecule has 0 spiro atoms. The Morgan fingerprint density at radius 1 is 1.28 bits per heavy atom. The van der Waals surface area contributed by atoms with E-state index in [2.05, 4.69) is 10.2 Å². The van der Waals surface area contributed by atoms with Crippen molar-refractivity contribution in [2.24, 2.45) is 0 Å². The van der Waals surface area contributed by atoms with Gasteiger partial charge >= 0.3 is 0 Å². The maximum atomic E-state index is 13.0. The molecule has 1 aliphatic heterocycles. The number of likely N-dealkylation sites (tertiary alicyclic amines) is 1. The van der Waals surface area contributed by atoms with Crippen molar-refractivity contribution in [3.63, 3.8) is 0 Å². The second-order valence-electron chi connectivity index (χ2n) is 6.61. The zero-order valence-electron chi connectivity index (χ0n) is 14.5. The highest BCUT2D eigenvalue weighted by atomic mass is 19.1. The van der Waals surface area contributed by atoms with Crippen molar-refractivity contribution < 1.29 is 14.0 Å². The van der Waals surface area contributed by atoms with Gasteiger partial charge in [-0.1, -0.05) is 0 Å². The fourth-order valence-corrected chi connectivity index (χ4v) is 3.43. The van der Waals surface area contributed by atoms with Gasteiger partial charge in [-0.15, -0.1) is 0 Å². The van der Waals surface area contributed by atoms with E-state index in [4.69, 9.17) is 0 Å². The average Bonchev–Trinajstić information content (AvgIpc) is 3.17. The van der Waals surface area contributed by atoms with E-state index in [1.54, 1.807) is 0 Å². The number of nitrogens with one attached hydrogen (secondary N) is 1. The van der Waals surface area contributed by atoms with Gasteiger partial charge in [0.1, 0.15) is 5.82 Å². The number of hydrogen-bond donors (Lipinski definition) is 1. The summed E-state index contributed by atoms with van der Waals surface area (Å²) in [6, 6.07) is 5.48. The topological polar surface area (TPSA) is 66.1 Å². The number of Topliss-reactive ketones (excluding diaryl/α,β-unsaturated/α-hetero) is 1. The van der Waals surface area contributed by atoms with E-state index in [1.807, 2.05) is 18.7 Å². The molecule has 0 saturated carbocycles. The van der Waals surface area contributed by atoms with Gasteiger partial charge in [-0.3, -0.25) is 14.7 Å². The first-order valence-electron chi connectivity index (χ1n) is 8.54. The zero-order chi connectivity index (χ0) is 18.0. The number of rotatable bonds is 5. The van der Waals surface area contributed by atoms with E-state index in [1.165, 1.54) is 24.3 Å². The molecule has 1 amide bonds. The van der Waals surface area contributed by atoms with Crippen molar-refractivity contribution >= 4 is 11.7 Å². The Kier molecular flexibility index (Phi) is 4.97. The summed E-state index contributed by atoms with van der Waals surface area (Å²) in [6.45, 7) is 4.46. The van der Waals surface area contributed by atoms with Gasteiger partial charge in [-0.25, -0.2) is 4.39 Å². The Balaban J connectivity index is 1.66. The van der Waals surface area contributed by atoms with E-state index in [9.17, 15) is 14.0 Å². The van der Waals surface area contributed by atoms with E-state index >= 15 is 0 Å². The van der Waals surface area contributed by atoms with Crippen LogP contribution in [-0.2, 0) is 11.2 Å². The standard InChI is InChI=1S/C19H22FN3O2/c1-12-17(13(2)22-21-12)11-19(25)23-9-3-4-16(23)10-18(24)14-5-7-15(20)8-6-14/h5-8,16H,3-4,9-11H2,1-2H3,(H,21,22). The van der Waals surface area contributed by atoms with Crippen LogP contribution in [0.4, 0.5) is 4.39 Å². The van der Waals surface area contributed by atoms with Crippen LogP contribution in [0.15, 0.2) is 24.3 Å². The summed E-state index contributed by atoms with van der Waals surface area (Å²) in [7, 11) is 0. The highest BCUT2D eigenvalue weighted by molar-refractivity contribution is 5.96. The maximum Gasteiger partial charge on any atom is 0.227 e. The molecule has 1 N–H and O–H groups in total. The molecule has 0 bridgehead atoms. The summed E-state index contributed by atoms with van der Waals surface area (Å²) in [5, 5.41) is 7.03. The van der Waals surface area contributed by atoms with Crippen LogP contribution in [0.5, 0.6) is 0 Å². The fourth-order valence-electron chi connectivity index (χ4n) is 3.43. The van der Waals surface area contributed by atoms with Gasteiger partial charge in [0.15, 0.2) is 5.78 Å². The third-order valence-corrected chi connectivity index (χ3v) is 4.89. The highest BCUT2D eigenvalue weighted by Gasteiger charge is 2.31. The van der Waals surface area contributed by atoms with Gasteiger partial charge in [-0.2, -0.15) is 5.10 Å². The summed E-state index contributed by atoms with van der Waals surface area (Å²) >= 11 is 0. The number of hydrogen-bond acceptors (Lipinski definition) is 3. The number of aromatic nitrogens is 2. The van der Waals surface area contributed by atoms with E-state index in [-0.39, 0.29) is 30.0 Å². The summed E-state index contributed by atoms with van der Waals surface area (Å²) in [6.07, 6.45) is 2.30. The number of carbonyl (C=O) groups is 2. The first kappa shape index (κ1) is 17.3. The zero-order valence-corrected chi connectivity index (χ0v) is 14.5. The lowest BCUT2D eigenvalue weighted by Gasteiger charge is -2.24. The lowest BCUT2D eigenvalue weighted by atomic mass is 10.0. The Morgan fingerprint density at radius 2 is 2.00 bits per heavy atom. The molecule has 1 saturated heterocycles. The van der Waals surface area contributed by atoms with Gasteiger partial charge in [0.25, 0.3) is 0 Å². The molecule has 2 aromatic rings. The number of amides is 1. The second-order valence-corrected chi connectivity index (χ2v) is 6.61. The summed E-state index contributed by atoms with van der Waals surface area (Å²) in [4.78, 5) is 27.0. The molecular formula is C19H22FN3O2. The third kappa shape index (κ3) is 3.78. The molecule has 1 unspecified atom stereocenters. The van der Waals surface area contributed by atoms with Crippen LogP contribution in [0.1, 0.15) is 46.6 Å². The van der Waals surface area contributed by atoms with Crippen molar-refractivity contribution in [2.45, 2.75) is 45.6 Å². The monoisotopic (exact) mass is 343 g/mol. The van der Waals surface area contributed by atoms with Crippen LogP contribution in [-0.4, -0.2) is 39.4 Å². The molecule has 2 heterocycles. The number of carbonyl (C=O) groups excluding carboxylic acids is 2. The van der Waals surface area contributed by atoms with Crippen LogP contribution in [0.25, 0.3) is 0 Å². The number of ketones is 1. The normalized spacial score (nSPS) is 17.1. The predicted molar refractivity (Wildman–Crippen MR) is 91.8 cm³/mol. The van der Waals surface area contributed by atoms with Gasteiger partial charge < -0.3 is 4.90 Å². The predicted octanol–water partition coefficient (Wildman–Crippen LogP) is 2.97. The molecule has 1 atom stereocenters. The van der Waals surface area contributed by atoms with Crippen molar-refractivity contribution in [1.29, 1.82) is 0 Å². The number of halogens is 1. The molecule has 1 aromatic carbocycles. The lowest BCUT2D eigenvalue weighted by molar-refractivity contribution is -0.131. The molecule has 0 radical (unpaired) electrons. The molecule has 1 aliphatic rings. The quantitative estimate of drug-likeness (QED) is 0.849. The minimum absolute atomic E-state index is 0.0296. The van der Waals surface area contributed by atoms with E-state index in [0.29, 0.717) is 18.5 Å². The van der Waals surface area contributed by atoms with Gasteiger partial charge in [-0.05, 0) is 51.0 Å². The Labute approximate surface area is 146 Å². The number of H-pyrrole nitrogens is 1. The number of aromatic amines is 1. The van der Waals surface area contributed by atoms with Crippen LogP contribution in [0, 0.1) is 19.7 Å². The van der Waals surface area contributed by atoms with Crippen LogP contribution in [0.2, 0.25) is 0 Å². The molecule has 132 valence electrons. The van der Waals surface area contributed by atoms with Crippen molar-refractivity contribution in [2.75, 3.05) is 6.54 Å². The van der Waals surface area contributed by atoms with Gasteiger partial charge in [0, 0.05) is 35.8 Å². The third-order valence-electron chi connectivity index (χ3n) is 4.89. The molecule has 25 heavy (non-hydrogen) atoms. The number of benzene rings is 1. The van der Waals surface area contributed by atoms with Crippen LogP contribution < -0.4 is 0 Å². The Bertz CT molecular complexity index is 763. The first-order chi connectivity index (χ1) is 12.0. The molecule has 5 nitrogen and oxygen atoms in total. The summed E-state index contributed by atoms with van der Waals surface area (Å²) in [5.41, 5.74) is 3.16. The number of aryl methyl sites for hydroxylation is 2. The van der Waals surface area contributed by atoms with Gasteiger partial charge in [0.05, 0.1) is 12.1 Å². The van der Waals surface area contributed by atoms with E-state index in [0.717, 1.165) is 29.8 Å². The molecule has 1 fully saturated rings. The molecule has 6 heteroatoms. The molecular weight excluding hydrogens is 321 g/mol. The maximum absolute atomic E-state index is 13.0. The Hall–Kier alpha value is -2.50. The highest BCUT2D eigenvalue weighted by Crippen LogP contribution is 2.24. The van der Waals surface area contributed by atoms with Crippen LogP contribution >= 0.6 is 0 Å². The smallest absolute Gasteiger partial charge is 0.227 e. The van der Waals surface area contributed by atoms with Gasteiger partial charge in [0.2, 0.25) is 5.91 Å². The Morgan fingerprint density at radius 3 is 2.64 bits per heavy atom. The molecule has 1 aromatic heterocycles. The summed E-state index contributed by atoms with van der Waals surface area (Å²) in [5.74, 6) is -0.387. The minimum atomic E-state index is -0.361. The first-order valence-corrected chi connectivity index (χ1v) is 8.54. The van der Waals surface area contributed by atoms with Crippen molar-refractivity contribution in [1.82, 2.24) is 15.1 Å². The lowest BCUT2D eigenvalue weighted by Crippen LogP contribution is -2.38. The fraction of sp³-hybridized carbons (Fsp3) is 0.421. The average molecular weight is 343 g/mol. The largest absolute Gasteiger partial charge is 0.339 e. The molecule has 0 aliphatic carbocycles. The number of nitrogens with zero attached hydrogens (tertiary/aromatic N) is 2. The van der Waals surface area contributed by atoms with Crippen LogP contribution in [0.3, 0.4) is 0 Å². The SMILES string of the molecule is Cc1n[nH]c(C)c1CC(=O)N1CCCC1CC(=O)c1ccc(F)cc1. The molecule has 3 rings (SSSR count).